The second-order valence-corrected chi connectivity index (χ2v) is 5.75. The second kappa shape index (κ2) is 7.46. The number of aliphatic hydroxyl groups excluding tert-OH is 1. The minimum Gasteiger partial charge on any atom is -0.454 e. The van der Waals surface area contributed by atoms with Gasteiger partial charge in [-0.25, -0.2) is 4.68 Å². The molecule has 124 valence electrons. The molecular formula is C17H23N3O3. The molecule has 1 aliphatic heterocycles. The van der Waals surface area contributed by atoms with Crippen molar-refractivity contribution in [3.05, 3.63) is 23.9 Å². The number of benzene rings is 1. The molecule has 6 nitrogen and oxygen atoms in total. The molecule has 1 N–H and O–H groups in total. The lowest BCUT2D eigenvalue weighted by atomic mass is 10.1. The van der Waals surface area contributed by atoms with Crippen LogP contribution in [0.1, 0.15) is 44.7 Å². The number of ether oxygens (including phenoxy) is 2. The van der Waals surface area contributed by atoms with Gasteiger partial charge in [-0.05, 0) is 24.6 Å². The van der Waals surface area contributed by atoms with Gasteiger partial charge in [-0.3, -0.25) is 0 Å². The Morgan fingerprint density at radius 1 is 1.13 bits per heavy atom. The Balaban J connectivity index is 1.78. The van der Waals surface area contributed by atoms with Gasteiger partial charge in [0.2, 0.25) is 6.79 Å². The van der Waals surface area contributed by atoms with Crippen molar-refractivity contribution in [1.29, 1.82) is 0 Å². The Morgan fingerprint density at radius 2 is 1.96 bits per heavy atom. The van der Waals surface area contributed by atoms with Crippen molar-refractivity contribution in [1.82, 2.24) is 15.0 Å². The summed E-state index contributed by atoms with van der Waals surface area (Å²) in [5.41, 5.74) is 2.40. The van der Waals surface area contributed by atoms with Crippen molar-refractivity contribution in [2.75, 3.05) is 6.79 Å². The first-order chi connectivity index (χ1) is 11.3. The van der Waals surface area contributed by atoms with Crippen LogP contribution >= 0.6 is 0 Å². The molecule has 1 aromatic heterocycles. The first-order valence-corrected chi connectivity index (χ1v) is 8.26. The van der Waals surface area contributed by atoms with E-state index >= 15 is 0 Å². The zero-order valence-electron chi connectivity index (χ0n) is 13.5. The van der Waals surface area contributed by atoms with Crippen molar-refractivity contribution >= 4 is 0 Å². The Bertz CT molecular complexity index is 655. The number of aryl methyl sites for hydroxylation is 1. The topological polar surface area (TPSA) is 69.4 Å². The van der Waals surface area contributed by atoms with Crippen LogP contribution in [-0.2, 0) is 13.2 Å². The predicted octanol–water partition coefficient (Wildman–Crippen LogP) is 3.14. The van der Waals surface area contributed by atoms with Crippen molar-refractivity contribution < 1.29 is 14.6 Å². The summed E-state index contributed by atoms with van der Waals surface area (Å²) in [7, 11) is 0. The number of hydrogen-bond donors (Lipinski definition) is 1. The summed E-state index contributed by atoms with van der Waals surface area (Å²) in [6.07, 6.45) is 6.00. The summed E-state index contributed by atoms with van der Waals surface area (Å²) in [6.45, 7) is 3.14. The Hall–Kier alpha value is -2.08. The average molecular weight is 317 g/mol. The number of unbranched alkanes of at least 4 members (excludes halogenated alkanes) is 4. The molecule has 23 heavy (non-hydrogen) atoms. The SMILES string of the molecule is CCCCCCCn1nnc(CO)c1-c1ccc2c(c1)OCO2. The van der Waals surface area contributed by atoms with Gasteiger partial charge in [0.05, 0.1) is 12.3 Å². The van der Waals surface area contributed by atoms with E-state index in [2.05, 4.69) is 17.2 Å². The van der Waals surface area contributed by atoms with Gasteiger partial charge in [0, 0.05) is 12.1 Å². The van der Waals surface area contributed by atoms with E-state index in [1.54, 1.807) is 0 Å². The van der Waals surface area contributed by atoms with Crippen molar-refractivity contribution in [2.24, 2.45) is 0 Å². The molecule has 0 unspecified atom stereocenters. The molecule has 0 radical (unpaired) electrons. The molecule has 1 aromatic carbocycles. The first-order valence-electron chi connectivity index (χ1n) is 8.26. The maximum atomic E-state index is 9.56. The fourth-order valence-corrected chi connectivity index (χ4v) is 2.84. The van der Waals surface area contributed by atoms with Gasteiger partial charge >= 0.3 is 0 Å². The summed E-state index contributed by atoms with van der Waals surface area (Å²) in [5.74, 6) is 1.47. The molecule has 0 aliphatic carbocycles. The van der Waals surface area contributed by atoms with Gasteiger partial charge in [0.1, 0.15) is 5.69 Å². The van der Waals surface area contributed by atoms with Gasteiger partial charge in [-0.2, -0.15) is 0 Å². The third-order valence-electron chi connectivity index (χ3n) is 4.07. The molecule has 2 heterocycles. The van der Waals surface area contributed by atoms with Gasteiger partial charge in [-0.1, -0.05) is 37.8 Å². The zero-order valence-corrected chi connectivity index (χ0v) is 13.5. The number of hydrogen-bond acceptors (Lipinski definition) is 5. The number of aromatic nitrogens is 3. The van der Waals surface area contributed by atoms with Crippen molar-refractivity contribution in [3.63, 3.8) is 0 Å². The number of aliphatic hydroxyl groups is 1. The predicted molar refractivity (Wildman–Crippen MR) is 86.3 cm³/mol. The maximum absolute atomic E-state index is 9.56. The maximum Gasteiger partial charge on any atom is 0.231 e. The highest BCUT2D eigenvalue weighted by molar-refractivity contribution is 5.66. The molecule has 0 spiro atoms. The molecule has 2 aromatic rings. The lowest BCUT2D eigenvalue weighted by Crippen LogP contribution is -2.03. The van der Waals surface area contributed by atoms with Gasteiger partial charge in [-0.15, -0.1) is 5.10 Å². The highest BCUT2D eigenvalue weighted by Gasteiger charge is 2.19. The molecule has 0 amide bonds. The second-order valence-electron chi connectivity index (χ2n) is 5.75. The zero-order chi connectivity index (χ0) is 16.1. The van der Waals surface area contributed by atoms with E-state index in [9.17, 15) is 5.11 Å². The minimum absolute atomic E-state index is 0.125. The third-order valence-corrected chi connectivity index (χ3v) is 4.07. The third kappa shape index (κ3) is 3.47. The summed E-state index contributed by atoms with van der Waals surface area (Å²) < 4.78 is 12.7. The summed E-state index contributed by atoms with van der Waals surface area (Å²) in [5, 5.41) is 17.9. The fourth-order valence-electron chi connectivity index (χ4n) is 2.84. The molecule has 0 saturated carbocycles. The lowest BCUT2D eigenvalue weighted by Gasteiger charge is -2.08. The highest BCUT2D eigenvalue weighted by atomic mass is 16.7. The smallest absolute Gasteiger partial charge is 0.231 e. The number of fused-ring (bicyclic) bond motifs is 1. The number of nitrogens with zero attached hydrogens (tertiary/aromatic N) is 3. The van der Waals surface area contributed by atoms with E-state index in [1.807, 2.05) is 22.9 Å². The van der Waals surface area contributed by atoms with Crippen molar-refractivity contribution in [3.8, 4) is 22.8 Å². The molecule has 1 aliphatic rings. The molecule has 6 heteroatoms. The Labute approximate surface area is 136 Å². The highest BCUT2D eigenvalue weighted by Crippen LogP contribution is 2.36. The molecule has 0 bridgehead atoms. The van der Waals surface area contributed by atoms with E-state index < -0.39 is 0 Å². The molecule has 0 fully saturated rings. The van der Waals surface area contributed by atoms with E-state index in [-0.39, 0.29) is 13.4 Å². The van der Waals surface area contributed by atoms with Crippen LogP contribution in [0.5, 0.6) is 11.5 Å². The standard InChI is InChI=1S/C17H23N3O3/c1-2-3-4-5-6-9-20-17(14(11-21)18-19-20)13-7-8-15-16(10-13)23-12-22-15/h7-8,10,21H,2-6,9,11-12H2,1H3. The van der Waals surface area contributed by atoms with Crippen LogP contribution < -0.4 is 9.47 Å². The monoisotopic (exact) mass is 317 g/mol. The Morgan fingerprint density at radius 3 is 2.78 bits per heavy atom. The van der Waals surface area contributed by atoms with Gasteiger partial charge in [0.25, 0.3) is 0 Å². The first kappa shape index (κ1) is 15.8. The fraction of sp³-hybridized carbons (Fsp3) is 0.529. The summed E-state index contributed by atoms with van der Waals surface area (Å²) >= 11 is 0. The van der Waals surface area contributed by atoms with E-state index in [0.717, 1.165) is 35.7 Å². The van der Waals surface area contributed by atoms with Crippen LogP contribution in [0, 0.1) is 0 Å². The van der Waals surface area contributed by atoms with E-state index in [4.69, 9.17) is 9.47 Å². The van der Waals surface area contributed by atoms with Crippen LogP contribution in [0.2, 0.25) is 0 Å². The molecule has 0 saturated heterocycles. The normalized spacial score (nSPS) is 12.8. The lowest BCUT2D eigenvalue weighted by molar-refractivity contribution is 0.174. The van der Waals surface area contributed by atoms with E-state index in [0.29, 0.717) is 5.69 Å². The van der Waals surface area contributed by atoms with Crippen LogP contribution in [0.4, 0.5) is 0 Å². The molecule has 3 rings (SSSR count). The van der Waals surface area contributed by atoms with Crippen LogP contribution in [0.3, 0.4) is 0 Å². The largest absolute Gasteiger partial charge is 0.454 e. The molecule has 0 atom stereocenters. The minimum atomic E-state index is -0.125. The molecular weight excluding hydrogens is 294 g/mol. The summed E-state index contributed by atoms with van der Waals surface area (Å²) in [4.78, 5) is 0. The van der Waals surface area contributed by atoms with Gasteiger partial charge in [0.15, 0.2) is 11.5 Å². The quantitative estimate of drug-likeness (QED) is 0.758. The van der Waals surface area contributed by atoms with Crippen LogP contribution in [0.25, 0.3) is 11.3 Å². The van der Waals surface area contributed by atoms with E-state index in [1.165, 1.54) is 25.7 Å². The van der Waals surface area contributed by atoms with Crippen LogP contribution in [0.15, 0.2) is 18.2 Å². The Kier molecular flexibility index (Phi) is 5.12. The van der Waals surface area contributed by atoms with Crippen molar-refractivity contribution in [2.45, 2.75) is 52.2 Å². The summed E-state index contributed by atoms with van der Waals surface area (Å²) in [6, 6.07) is 5.77. The van der Waals surface area contributed by atoms with Gasteiger partial charge < -0.3 is 14.6 Å². The van der Waals surface area contributed by atoms with Crippen LogP contribution in [-0.4, -0.2) is 26.9 Å². The average Bonchev–Trinajstić information content (AvgIpc) is 3.20. The number of rotatable bonds is 8.